The van der Waals surface area contributed by atoms with E-state index in [9.17, 15) is 18.0 Å². The van der Waals surface area contributed by atoms with Crippen molar-refractivity contribution in [3.63, 3.8) is 0 Å². The third-order valence-electron chi connectivity index (χ3n) is 3.44. The van der Waals surface area contributed by atoms with Crippen molar-refractivity contribution in [3.05, 3.63) is 52.5 Å². The van der Waals surface area contributed by atoms with Crippen LogP contribution in [0.5, 0.6) is 11.5 Å². The number of hydrazone groups is 1. The van der Waals surface area contributed by atoms with Gasteiger partial charge in [-0.2, -0.15) is 5.10 Å². The zero-order valence-electron chi connectivity index (χ0n) is 15.1. The van der Waals surface area contributed by atoms with Crippen LogP contribution in [-0.2, 0) is 14.8 Å². The van der Waals surface area contributed by atoms with Crippen molar-refractivity contribution in [2.24, 2.45) is 16.0 Å². The number of benzene rings is 2. The molecule has 0 aromatic heterocycles. The van der Waals surface area contributed by atoms with Crippen molar-refractivity contribution in [1.29, 1.82) is 0 Å². The summed E-state index contributed by atoms with van der Waals surface area (Å²) in [7, 11) is -2.66. The lowest BCUT2D eigenvalue weighted by molar-refractivity contribution is -0.119. The van der Waals surface area contributed by atoms with Crippen LogP contribution < -0.4 is 25.8 Å². The fraction of sp³-hybridized carbons (Fsp3) is 0.118. The molecule has 0 aliphatic carbocycles. The highest BCUT2D eigenvalue weighted by atomic mass is 35.5. The number of nitrogens with two attached hydrogens (primary N) is 2. The van der Waals surface area contributed by atoms with Crippen LogP contribution in [0.4, 0.5) is 0 Å². The SMILES string of the molecule is COc1cc(/C=N/NC(=O)c2ccc(Cl)c(S(N)(=O)=O)c2)ccc1OCC(N)=O. The number of nitrogens with zero attached hydrogens (tertiary/aromatic N) is 1. The smallest absolute Gasteiger partial charge is 0.271 e. The molecule has 29 heavy (non-hydrogen) atoms. The van der Waals surface area contributed by atoms with E-state index in [4.69, 9.17) is 31.9 Å². The van der Waals surface area contributed by atoms with Gasteiger partial charge in [-0.25, -0.2) is 19.0 Å². The van der Waals surface area contributed by atoms with Crippen LogP contribution in [0, 0.1) is 0 Å². The van der Waals surface area contributed by atoms with E-state index in [1.807, 2.05) is 0 Å². The fourth-order valence-electron chi connectivity index (χ4n) is 2.13. The lowest BCUT2D eigenvalue weighted by Crippen LogP contribution is -2.20. The van der Waals surface area contributed by atoms with Gasteiger partial charge in [-0.1, -0.05) is 11.6 Å². The predicted octanol–water partition coefficient (Wildman–Crippen LogP) is 0.624. The maximum atomic E-state index is 12.2. The van der Waals surface area contributed by atoms with Gasteiger partial charge in [0, 0.05) is 5.56 Å². The van der Waals surface area contributed by atoms with Crippen molar-refractivity contribution in [1.82, 2.24) is 5.43 Å². The van der Waals surface area contributed by atoms with Crippen molar-refractivity contribution in [3.8, 4) is 11.5 Å². The molecule has 0 saturated carbocycles. The second-order valence-electron chi connectivity index (χ2n) is 5.55. The number of primary sulfonamides is 1. The predicted molar refractivity (Wildman–Crippen MR) is 106 cm³/mol. The van der Waals surface area contributed by atoms with Crippen molar-refractivity contribution in [2.45, 2.75) is 4.90 Å². The molecule has 2 aromatic carbocycles. The molecular formula is C17H17ClN4O6S. The van der Waals surface area contributed by atoms with Gasteiger partial charge in [0.05, 0.1) is 18.3 Å². The Morgan fingerprint density at radius 3 is 2.55 bits per heavy atom. The van der Waals surface area contributed by atoms with Gasteiger partial charge in [0.25, 0.3) is 11.8 Å². The third-order valence-corrected chi connectivity index (χ3v) is 4.83. The van der Waals surface area contributed by atoms with E-state index in [1.54, 1.807) is 18.2 Å². The fourth-order valence-corrected chi connectivity index (χ4v) is 3.20. The highest BCUT2D eigenvalue weighted by Gasteiger charge is 2.16. The van der Waals surface area contributed by atoms with E-state index in [1.165, 1.54) is 25.5 Å². The summed E-state index contributed by atoms with van der Waals surface area (Å²) in [5.41, 5.74) is 7.84. The molecule has 2 aromatic rings. The van der Waals surface area contributed by atoms with Gasteiger partial charge in [0.2, 0.25) is 10.0 Å². The number of ether oxygens (including phenoxy) is 2. The van der Waals surface area contributed by atoms with Crippen LogP contribution in [0.25, 0.3) is 0 Å². The van der Waals surface area contributed by atoms with E-state index >= 15 is 0 Å². The van der Waals surface area contributed by atoms with E-state index in [0.717, 1.165) is 6.07 Å². The van der Waals surface area contributed by atoms with Crippen molar-refractivity contribution in [2.75, 3.05) is 13.7 Å². The Balaban J connectivity index is 2.11. The number of carbonyl (C=O) groups is 2. The van der Waals surface area contributed by atoms with Gasteiger partial charge in [-0.05, 0) is 42.0 Å². The van der Waals surface area contributed by atoms with Crippen LogP contribution in [0.1, 0.15) is 15.9 Å². The standard InChI is InChI=1S/C17H17ClN4O6S/c1-27-14-6-10(2-5-13(14)28-9-16(19)23)8-21-22-17(24)11-3-4-12(18)15(7-11)29(20,25)26/h2-8H,9H2,1H3,(H2,19,23)(H,22,24)(H2,20,25,26)/b21-8+. The van der Waals surface area contributed by atoms with Crippen LogP contribution in [0.3, 0.4) is 0 Å². The monoisotopic (exact) mass is 440 g/mol. The summed E-state index contributed by atoms with van der Waals surface area (Å²) in [6.07, 6.45) is 1.33. The number of amides is 2. The molecule has 2 rings (SSSR count). The summed E-state index contributed by atoms with van der Waals surface area (Å²) in [5.74, 6) is -0.661. The summed E-state index contributed by atoms with van der Waals surface area (Å²) < 4.78 is 33.3. The molecule has 12 heteroatoms. The minimum absolute atomic E-state index is 0.00311. The Bertz CT molecular complexity index is 1070. The van der Waals surface area contributed by atoms with E-state index < -0.39 is 21.8 Å². The molecule has 0 saturated heterocycles. The molecule has 5 N–H and O–H groups in total. The second-order valence-corrected chi connectivity index (χ2v) is 7.49. The molecule has 0 fully saturated rings. The number of sulfonamides is 1. The van der Waals surface area contributed by atoms with Gasteiger partial charge in [-0.15, -0.1) is 0 Å². The number of methoxy groups -OCH3 is 1. The Kier molecular flexibility index (Phi) is 7.15. The lowest BCUT2D eigenvalue weighted by Gasteiger charge is -2.09. The summed E-state index contributed by atoms with van der Waals surface area (Å²) in [4.78, 5) is 22.6. The van der Waals surface area contributed by atoms with Gasteiger partial charge >= 0.3 is 0 Å². The van der Waals surface area contributed by atoms with Gasteiger partial charge in [-0.3, -0.25) is 9.59 Å². The number of halogens is 1. The van der Waals surface area contributed by atoms with Crippen LogP contribution in [0.15, 0.2) is 46.4 Å². The van der Waals surface area contributed by atoms with E-state index in [-0.39, 0.29) is 22.1 Å². The molecule has 0 aliphatic heterocycles. The molecule has 0 heterocycles. The minimum atomic E-state index is -4.08. The molecule has 10 nitrogen and oxygen atoms in total. The van der Waals surface area contributed by atoms with E-state index in [2.05, 4.69) is 10.5 Å². The first kappa shape index (κ1) is 22.1. The number of rotatable bonds is 8. The lowest BCUT2D eigenvalue weighted by atomic mass is 10.2. The number of hydrogen-bond donors (Lipinski definition) is 3. The minimum Gasteiger partial charge on any atom is -0.493 e. The van der Waals surface area contributed by atoms with Crippen LogP contribution in [-0.4, -0.2) is 40.2 Å². The Morgan fingerprint density at radius 2 is 1.93 bits per heavy atom. The molecule has 154 valence electrons. The molecule has 2 amide bonds. The third kappa shape index (κ3) is 6.17. The van der Waals surface area contributed by atoms with E-state index in [0.29, 0.717) is 17.1 Å². The summed E-state index contributed by atoms with van der Waals surface area (Å²) in [5, 5.41) is 8.76. The number of hydrogen-bond acceptors (Lipinski definition) is 7. The number of nitrogens with one attached hydrogen (secondary N) is 1. The summed E-state index contributed by atoms with van der Waals surface area (Å²) in [6, 6.07) is 8.34. The molecule has 0 radical (unpaired) electrons. The Morgan fingerprint density at radius 1 is 1.21 bits per heavy atom. The molecule has 0 aliphatic rings. The average molecular weight is 441 g/mol. The molecule has 0 atom stereocenters. The Hall–Kier alpha value is -3.15. The quantitative estimate of drug-likeness (QED) is 0.402. The zero-order chi connectivity index (χ0) is 21.6. The Labute approximate surface area is 171 Å². The van der Waals surface area contributed by atoms with Gasteiger partial charge in [0.1, 0.15) is 4.90 Å². The normalized spacial score (nSPS) is 11.3. The maximum Gasteiger partial charge on any atom is 0.271 e. The van der Waals surface area contributed by atoms with Crippen LogP contribution in [0.2, 0.25) is 5.02 Å². The van der Waals surface area contributed by atoms with Crippen molar-refractivity contribution >= 4 is 39.7 Å². The molecule has 0 bridgehead atoms. The molecular weight excluding hydrogens is 424 g/mol. The average Bonchev–Trinajstić information content (AvgIpc) is 2.65. The van der Waals surface area contributed by atoms with Crippen molar-refractivity contribution < 1.29 is 27.5 Å². The molecule has 0 unspecified atom stereocenters. The highest BCUT2D eigenvalue weighted by molar-refractivity contribution is 7.89. The topological polar surface area (TPSA) is 163 Å². The molecule has 0 spiro atoms. The van der Waals surface area contributed by atoms with Gasteiger partial charge < -0.3 is 15.2 Å². The first-order valence-corrected chi connectivity index (χ1v) is 9.79. The number of primary amides is 1. The van der Waals surface area contributed by atoms with Gasteiger partial charge in [0.15, 0.2) is 18.1 Å². The maximum absolute atomic E-state index is 12.2. The first-order chi connectivity index (χ1) is 13.6. The van der Waals surface area contributed by atoms with Crippen LogP contribution >= 0.6 is 11.6 Å². The second kappa shape index (κ2) is 9.37. The highest BCUT2D eigenvalue weighted by Crippen LogP contribution is 2.27. The first-order valence-electron chi connectivity index (χ1n) is 7.86. The summed E-state index contributed by atoms with van der Waals surface area (Å²) >= 11 is 5.78. The largest absolute Gasteiger partial charge is 0.493 e. The zero-order valence-corrected chi connectivity index (χ0v) is 16.7. The summed E-state index contributed by atoms with van der Waals surface area (Å²) in [6.45, 7) is -0.304. The number of carbonyl (C=O) groups excluding carboxylic acids is 2.